The number of carbonyl (C=O) groups excluding carboxylic acids is 3. The first kappa shape index (κ1) is 25.7. The molecule has 3 aromatic rings. The lowest BCUT2D eigenvalue weighted by atomic mass is 10.0. The summed E-state index contributed by atoms with van der Waals surface area (Å²) >= 11 is 7.04. The Labute approximate surface area is 213 Å². The van der Waals surface area contributed by atoms with Crippen LogP contribution in [0.2, 0.25) is 5.02 Å². The highest BCUT2D eigenvalue weighted by atomic mass is 35.5. The van der Waals surface area contributed by atoms with E-state index in [9.17, 15) is 27.6 Å². The van der Waals surface area contributed by atoms with Gasteiger partial charge in [0, 0.05) is 35.9 Å². The van der Waals surface area contributed by atoms with Crippen LogP contribution < -0.4 is 10.1 Å². The molecule has 0 atom stereocenters. The highest BCUT2D eigenvalue weighted by molar-refractivity contribution is 7.98. The molecule has 0 saturated carbocycles. The Morgan fingerprint density at radius 3 is 2.64 bits per heavy atom. The van der Waals surface area contributed by atoms with E-state index in [4.69, 9.17) is 16.3 Å². The Balaban J connectivity index is 1.50. The molecule has 2 heterocycles. The fraction of sp³-hybridized carbons (Fsp3) is 0.200. The number of thioether (sulfide) groups is 1. The number of alkyl halides is 3. The number of rotatable bonds is 7. The van der Waals surface area contributed by atoms with E-state index in [-0.39, 0.29) is 36.4 Å². The molecule has 36 heavy (non-hydrogen) atoms. The highest BCUT2D eigenvalue weighted by Gasteiger charge is 2.33. The van der Waals surface area contributed by atoms with Gasteiger partial charge in [0.25, 0.3) is 5.91 Å². The molecule has 6 nitrogen and oxygen atoms in total. The molecule has 0 bridgehead atoms. The molecule has 4 rings (SSSR count). The summed E-state index contributed by atoms with van der Waals surface area (Å²) in [6, 6.07) is 10.1. The quantitative estimate of drug-likeness (QED) is 0.310. The SMILES string of the molecule is CSc1cc(Oc2ccnc3c2CC(=O)C(=O)N3)ccc1CC(=O)Cc1ccc(Cl)c(C(F)(F)F)c1. The Bertz CT molecular complexity index is 1380. The number of nitrogens with zero attached hydrogens (tertiary/aromatic N) is 1. The van der Waals surface area contributed by atoms with Crippen LogP contribution in [-0.2, 0) is 39.8 Å². The number of ketones is 2. The monoisotopic (exact) mass is 534 g/mol. The number of hydrogen-bond donors (Lipinski definition) is 1. The molecule has 1 aromatic heterocycles. The normalized spacial score (nSPS) is 13.2. The van der Waals surface area contributed by atoms with Crippen molar-refractivity contribution >= 4 is 46.7 Å². The van der Waals surface area contributed by atoms with Crippen molar-refractivity contribution in [2.45, 2.75) is 30.3 Å². The molecule has 0 saturated heterocycles. The fourth-order valence-corrected chi connectivity index (χ4v) is 4.59. The van der Waals surface area contributed by atoms with Crippen molar-refractivity contribution in [2.75, 3.05) is 11.6 Å². The van der Waals surface area contributed by atoms with Gasteiger partial charge in [0.1, 0.15) is 23.1 Å². The third-order valence-electron chi connectivity index (χ3n) is 5.45. The fourth-order valence-electron chi connectivity index (χ4n) is 3.73. The first-order valence-corrected chi connectivity index (χ1v) is 12.2. The second-order valence-electron chi connectivity index (χ2n) is 7.97. The lowest BCUT2D eigenvalue weighted by Crippen LogP contribution is -2.30. The van der Waals surface area contributed by atoms with Gasteiger partial charge in [-0.15, -0.1) is 11.8 Å². The molecular weight excluding hydrogens is 517 g/mol. The number of hydrogen-bond acceptors (Lipinski definition) is 6. The van der Waals surface area contributed by atoms with Gasteiger partial charge < -0.3 is 10.1 Å². The Hall–Kier alpha value is -3.37. The van der Waals surface area contributed by atoms with E-state index < -0.39 is 28.5 Å². The molecular formula is C25H18ClF3N2O4S. The number of fused-ring (bicyclic) bond motifs is 1. The minimum atomic E-state index is -4.61. The predicted octanol–water partition coefficient (Wildman–Crippen LogP) is 5.69. The molecule has 0 radical (unpaired) electrons. The van der Waals surface area contributed by atoms with Gasteiger partial charge in [0.05, 0.1) is 10.6 Å². The largest absolute Gasteiger partial charge is 0.457 e. The zero-order valence-electron chi connectivity index (χ0n) is 18.7. The van der Waals surface area contributed by atoms with Crippen molar-refractivity contribution in [3.63, 3.8) is 0 Å². The van der Waals surface area contributed by atoms with Crippen LogP contribution in [0.5, 0.6) is 11.5 Å². The zero-order chi connectivity index (χ0) is 26.0. The van der Waals surface area contributed by atoms with Crippen molar-refractivity contribution in [1.29, 1.82) is 0 Å². The van der Waals surface area contributed by atoms with E-state index in [2.05, 4.69) is 10.3 Å². The Morgan fingerprint density at radius 2 is 1.92 bits per heavy atom. The van der Waals surface area contributed by atoms with Crippen molar-refractivity contribution in [3.8, 4) is 11.5 Å². The van der Waals surface area contributed by atoms with E-state index in [1.807, 2.05) is 6.26 Å². The van der Waals surface area contributed by atoms with Gasteiger partial charge in [-0.2, -0.15) is 13.2 Å². The first-order chi connectivity index (χ1) is 17.0. The van der Waals surface area contributed by atoms with E-state index >= 15 is 0 Å². The summed E-state index contributed by atoms with van der Waals surface area (Å²) in [5, 5.41) is 2.02. The Morgan fingerprint density at radius 1 is 1.14 bits per heavy atom. The number of aromatic nitrogens is 1. The number of nitrogens with one attached hydrogen (secondary N) is 1. The number of carbonyl (C=O) groups is 3. The number of Topliss-reactive ketones (excluding diaryl/α,β-unsaturated/α-hetero) is 2. The molecule has 1 aliphatic rings. The van der Waals surface area contributed by atoms with E-state index in [0.717, 1.165) is 17.0 Å². The second kappa shape index (κ2) is 10.3. The molecule has 0 unspecified atom stereocenters. The lowest BCUT2D eigenvalue weighted by molar-refractivity contribution is -0.137. The standard InChI is InChI=1S/C25H18ClF3N2O4S/c1-36-22-11-16(35-21-6-7-30-23-17(21)12-20(33)24(34)31-23)4-3-14(22)10-15(32)8-13-2-5-19(26)18(9-13)25(27,28)29/h2-7,9,11H,8,10,12H2,1H3,(H,30,31,34). The van der Waals surface area contributed by atoms with Gasteiger partial charge in [0.2, 0.25) is 5.78 Å². The smallest absolute Gasteiger partial charge is 0.417 e. The van der Waals surface area contributed by atoms with Gasteiger partial charge in [-0.1, -0.05) is 23.7 Å². The van der Waals surface area contributed by atoms with Gasteiger partial charge in [0.15, 0.2) is 0 Å². The minimum absolute atomic E-state index is 0.0195. The topological polar surface area (TPSA) is 85.4 Å². The highest BCUT2D eigenvalue weighted by Crippen LogP contribution is 2.36. The molecule has 0 fully saturated rings. The lowest BCUT2D eigenvalue weighted by Gasteiger charge is -2.18. The summed E-state index contributed by atoms with van der Waals surface area (Å²) in [5.41, 5.74) is 0.420. The Kier molecular flexibility index (Phi) is 7.37. The number of anilines is 1. The minimum Gasteiger partial charge on any atom is -0.457 e. The summed E-state index contributed by atoms with van der Waals surface area (Å²) in [7, 11) is 0. The van der Waals surface area contributed by atoms with Gasteiger partial charge in [-0.25, -0.2) is 4.98 Å². The van der Waals surface area contributed by atoms with Crippen molar-refractivity contribution in [3.05, 3.63) is 75.9 Å². The summed E-state index contributed by atoms with van der Waals surface area (Å²) in [6.45, 7) is 0. The van der Waals surface area contributed by atoms with Crippen LogP contribution in [0, 0.1) is 0 Å². The summed E-state index contributed by atoms with van der Waals surface area (Å²) in [5.74, 6) is -0.499. The average molecular weight is 535 g/mol. The molecule has 2 aromatic carbocycles. The average Bonchev–Trinajstić information content (AvgIpc) is 2.81. The van der Waals surface area contributed by atoms with Crippen LogP contribution in [0.25, 0.3) is 0 Å². The predicted molar refractivity (Wildman–Crippen MR) is 129 cm³/mol. The van der Waals surface area contributed by atoms with Crippen LogP contribution in [0.15, 0.2) is 53.6 Å². The van der Waals surface area contributed by atoms with Crippen molar-refractivity contribution in [2.24, 2.45) is 0 Å². The molecule has 1 N–H and O–H groups in total. The molecule has 0 spiro atoms. The molecule has 1 aliphatic heterocycles. The number of amides is 1. The van der Waals surface area contributed by atoms with Crippen LogP contribution in [0.1, 0.15) is 22.3 Å². The van der Waals surface area contributed by atoms with E-state index in [0.29, 0.717) is 22.6 Å². The summed E-state index contributed by atoms with van der Waals surface area (Å²) < 4.78 is 45.3. The van der Waals surface area contributed by atoms with Crippen LogP contribution in [-0.4, -0.2) is 28.7 Å². The van der Waals surface area contributed by atoms with Crippen LogP contribution in [0.4, 0.5) is 19.0 Å². The second-order valence-corrected chi connectivity index (χ2v) is 9.23. The van der Waals surface area contributed by atoms with Crippen molar-refractivity contribution < 1.29 is 32.3 Å². The molecule has 0 aliphatic carbocycles. The van der Waals surface area contributed by atoms with Gasteiger partial charge in [-0.05, 0) is 47.7 Å². The first-order valence-electron chi connectivity index (χ1n) is 10.6. The number of halogens is 4. The maximum Gasteiger partial charge on any atom is 0.417 e. The van der Waals surface area contributed by atoms with Crippen LogP contribution >= 0.6 is 23.4 Å². The third-order valence-corrected chi connectivity index (χ3v) is 6.60. The van der Waals surface area contributed by atoms with Gasteiger partial charge >= 0.3 is 6.18 Å². The maximum absolute atomic E-state index is 13.1. The van der Waals surface area contributed by atoms with Gasteiger partial charge in [-0.3, -0.25) is 14.4 Å². The molecule has 1 amide bonds. The van der Waals surface area contributed by atoms with E-state index in [1.165, 1.54) is 24.0 Å². The van der Waals surface area contributed by atoms with Crippen LogP contribution in [0.3, 0.4) is 0 Å². The zero-order valence-corrected chi connectivity index (χ0v) is 20.3. The molecule has 11 heteroatoms. The summed E-state index contributed by atoms with van der Waals surface area (Å²) in [6.07, 6.45) is -1.61. The summed E-state index contributed by atoms with van der Waals surface area (Å²) in [4.78, 5) is 40.9. The van der Waals surface area contributed by atoms with Crippen molar-refractivity contribution in [1.82, 2.24) is 4.98 Å². The van der Waals surface area contributed by atoms with E-state index in [1.54, 1.807) is 24.3 Å². The number of pyridine rings is 1. The maximum atomic E-state index is 13.1. The third kappa shape index (κ3) is 5.71. The molecule has 186 valence electrons. The number of benzene rings is 2. The number of ether oxygens (including phenoxy) is 1.